The van der Waals surface area contributed by atoms with E-state index in [1.165, 1.54) is 6.42 Å². The Kier molecular flexibility index (Phi) is 4.39. The van der Waals surface area contributed by atoms with Crippen molar-refractivity contribution in [2.45, 2.75) is 65.1 Å². The molecule has 0 aromatic rings. The molecule has 0 aliphatic carbocycles. The molecule has 0 aromatic carbocycles. The minimum absolute atomic E-state index is 0.0691. The van der Waals surface area contributed by atoms with Crippen molar-refractivity contribution < 1.29 is 9.53 Å². The van der Waals surface area contributed by atoms with E-state index < -0.39 is 0 Å². The summed E-state index contributed by atoms with van der Waals surface area (Å²) in [5, 5.41) is 2.01. The van der Waals surface area contributed by atoms with Crippen LogP contribution < -0.4 is 5.43 Å². The number of carbonyl (C=O) groups is 1. The van der Waals surface area contributed by atoms with Crippen molar-refractivity contribution >= 4 is 6.09 Å². The first-order chi connectivity index (χ1) is 7.00. The number of nitrogens with zero attached hydrogens (tertiary/aromatic N) is 1. The average molecular weight is 214 g/mol. The molecule has 1 rings (SSSR count). The highest BCUT2D eigenvalue weighted by atomic mass is 16.6. The zero-order chi connectivity index (χ0) is 11.4. The van der Waals surface area contributed by atoms with Gasteiger partial charge in [0.15, 0.2) is 0 Å². The van der Waals surface area contributed by atoms with Crippen LogP contribution in [0.25, 0.3) is 0 Å². The molecule has 1 amide bonds. The van der Waals surface area contributed by atoms with Crippen LogP contribution in [0.3, 0.4) is 0 Å². The van der Waals surface area contributed by atoms with Crippen molar-refractivity contribution in [1.29, 1.82) is 0 Å². The van der Waals surface area contributed by atoms with Gasteiger partial charge in [-0.1, -0.05) is 6.42 Å². The van der Waals surface area contributed by atoms with Crippen molar-refractivity contribution in [2.75, 3.05) is 0 Å². The maximum absolute atomic E-state index is 11.4. The average Bonchev–Trinajstić information content (AvgIpc) is 2.10. The van der Waals surface area contributed by atoms with Crippen LogP contribution in [-0.4, -0.2) is 29.3 Å². The monoisotopic (exact) mass is 214 g/mol. The van der Waals surface area contributed by atoms with E-state index in [2.05, 4.69) is 19.3 Å². The second-order valence-electron chi connectivity index (χ2n) is 4.60. The van der Waals surface area contributed by atoms with Gasteiger partial charge in [0, 0.05) is 12.1 Å². The molecular weight excluding hydrogens is 192 g/mol. The molecule has 2 unspecified atom stereocenters. The molecule has 0 spiro atoms. The molecule has 4 heteroatoms. The van der Waals surface area contributed by atoms with Gasteiger partial charge in [0.2, 0.25) is 0 Å². The Hall–Kier alpha value is -0.770. The van der Waals surface area contributed by atoms with Gasteiger partial charge in [-0.3, -0.25) is 5.43 Å². The van der Waals surface area contributed by atoms with Crippen molar-refractivity contribution in [2.24, 2.45) is 0 Å². The summed E-state index contributed by atoms with van der Waals surface area (Å²) in [6, 6.07) is 0.793. The predicted octanol–water partition coefficient (Wildman–Crippen LogP) is 2.30. The summed E-state index contributed by atoms with van der Waals surface area (Å²) in [5.41, 5.74) is 2.82. The number of ether oxygens (including phenoxy) is 1. The maximum Gasteiger partial charge on any atom is 0.422 e. The standard InChI is InChI=1S/C11H22N2O2/c1-8(2)15-11(14)12-13-9(3)6-5-7-10(13)4/h8-10H,5-7H2,1-4H3,(H,12,14). The molecule has 4 nitrogen and oxygen atoms in total. The summed E-state index contributed by atoms with van der Waals surface area (Å²) in [5.74, 6) is 0. The normalized spacial score (nSPS) is 27.8. The van der Waals surface area contributed by atoms with Crippen LogP contribution in [-0.2, 0) is 4.74 Å². The van der Waals surface area contributed by atoms with Crippen molar-refractivity contribution in [1.82, 2.24) is 10.4 Å². The molecule has 2 atom stereocenters. The number of hydrogen-bond acceptors (Lipinski definition) is 3. The number of nitrogens with one attached hydrogen (secondary N) is 1. The molecular formula is C11H22N2O2. The van der Waals surface area contributed by atoms with Gasteiger partial charge in [0.25, 0.3) is 0 Å². The lowest BCUT2D eigenvalue weighted by Crippen LogP contribution is -2.54. The van der Waals surface area contributed by atoms with E-state index in [4.69, 9.17) is 4.74 Å². The van der Waals surface area contributed by atoms with Crippen molar-refractivity contribution in [3.8, 4) is 0 Å². The molecule has 0 radical (unpaired) electrons. The summed E-state index contributed by atoms with van der Waals surface area (Å²) in [6.45, 7) is 7.96. The fraction of sp³-hybridized carbons (Fsp3) is 0.909. The van der Waals surface area contributed by atoms with Gasteiger partial charge in [-0.15, -0.1) is 0 Å². The summed E-state index contributed by atoms with van der Waals surface area (Å²) < 4.78 is 5.06. The quantitative estimate of drug-likeness (QED) is 0.767. The summed E-state index contributed by atoms with van der Waals surface area (Å²) in [7, 11) is 0. The van der Waals surface area contributed by atoms with Crippen LogP contribution in [0, 0.1) is 0 Å². The van der Waals surface area contributed by atoms with Gasteiger partial charge < -0.3 is 4.74 Å². The largest absolute Gasteiger partial charge is 0.446 e. The van der Waals surface area contributed by atoms with Gasteiger partial charge in [-0.05, 0) is 40.5 Å². The highest BCUT2D eigenvalue weighted by Gasteiger charge is 2.26. The lowest BCUT2D eigenvalue weighted by atomic mass is 10.00. The highest BCUT2D eigenvalue weighted by molar-refractivity contribution is 5.66. The Morgan fingerprint density at radius 1 is 1.33 bits per heavy atom. The van der Waals surface area contributed by atoms with E-state index in [1.54, 1.807) is 0 Å². The van der Waals surface area contributed by atoms with Crippen LogP contribution in [0.4, 0.5) is 4.79 Å². The topological polar surface area (TPSA) is 41.6 Å². The van der Waals surface area contributed by atoms with Crippen LogP contribution in [0.15, 0.2) is 0 Å². The van der Waals surface area contributed by atoms with E-state index in [-0.39, 0.29) is 12.2 Å². The molecule has 1 heterocycles. The van der Waals surface area contributed by atoms with E-state index in [0.717, 1.165) is 12.8 Å². The Labute approximate surface area is 91.9 Å². The number of piperidine rings is 1. The van der Waals surface area contributed by atoms with Gasteiger partial charge in [0.05, 0.1) is 6.10 Å². The van der Waals surface area contributed by atoms with Gasteiger partial charge in [-0.25, -0.2) is 9.80 Å². The molecule has 1 N–H and O–H groups in total. The SMILES string of the molecule is CC(C)OC(=O)NN1C(C)CCCC1C. The first kappa shape index (κ1) is 12.3. The van der Waals surface area contributed by atoms with Crippen LogP contribution in [0.1, 0.15) is 47.0 Å². The lowest BCUT2D eigenvalue weighted by Gasteiger charge is -2.38. The molecule has 0 saturated carbocycles. The third kappa shape index (κ3) is 3.70. The van der Waals surface area contributed by atoms with Crippen LogP contribution in [0.2, 0.25) is 0 Å². The van der Waals surface area contributed by atoms with E-state index in [1.807, 2.05) is 18.9 Å². The zero-order valence-electron chi connectivity index (χ0n) is 10.1. The Morgan fingerprint density at radius 3 is 2.33 bits per heavy atom. The first-order valence-corrected chi connectivity index (χ1v) is 5.76. The van der Waals surface area contributed by atoms with E-state index in [0.29, 0.717) is 12.1 Å². The number of rotatable bonds is 2. The van der Waals surface area contributed by atoms with E-state index >= 15 is 0 Å². The minimum Gasteiger partial charge on any atom is -0.446 e. The lowest BCUT2D eigenvalue weighted by molar-refractivity contribution is 0.0272. The summed E-state index contributed by atoms with van der Waals surface area (Å²) >= 11 is 0. The summed E-state index contributed by atoms with van der Waals surface area (Å²) in [4.78, 5) is 11.4. The van der Waals surface area contributed by atoms with Crippen molar-refractivity contribution in [3.05, 3.63) is 0 Å². The molecule has 0 bridgehead atoms. The fourth-order valence-corrected chi connectivity index (χ4v) is 1.99. The zero-order valence-corrected chi connectivity index (χ0v) is 10.1. The Morgan fingerprint density at radius 2 is 1.87 bits per heavy atom. The van der Waals surface area contributed by atoms with E-state index in [9.17, 15) is 4.79 Å². The van der Waals surface area contributed by atoms with Crippen LogP contribution in [0.5, 0.6) is 0 Å². The molecule has 1 fully saturated rings. The molecule has 1 aliphatic heterocycles. The third-order valence-electron chi connectivity index (χ3n) is 2.76. The Balaban J connectivity index is 2.44. The Bertz CT molecular complexity index is 209. The maximum atomic E-state index is 11.4. The molecule has 15 heavy (non-hydrogen) atoms. The smallest absolute Gasteiger partial charge is 0.422 e. The van der Waals surface area contributed by atoms with Crippen molar-refractivity contribution in [3.63, 3.8) is 0 Å². The predicted molar refractivity (Wildman–Crippen MR) is 59.4 cm³/mol. The first-order valence-electron chi connectivity index (χ1n) is 5.76. The minimum atomic E-state index is -0.342. The van der Waals surface area contributed by atoms with Gasteiger partial charge in [0.1, 0.15) is 0 Å². The summed E-state index contributed by atoms with van der Waals surface area (Å²) in [6.07, 6.45) is 3.09. The molecule has 88 valence electrons. The number of carbonyl (C=O) groups excluding carboxylic acids is 1. The van der Waals surface area contributed by atoms with Gasteiger partial charge in [-0.2, -0.15) is 0 Å². The number of amides is 1. The molecule has 1 saturated heterocycles. The third-order valence-corrected chi connectivity index (χ3v) is 2.76. The van der Waals surface area contributed by atoms with Gasteiger partial charge >= 0.3 is 6.09 Å². The molecule has 0 aromatic heterocycles. The highest BCUT2D eigenvalue weighted by Crippen LogP contribution is 2.20. The second-order valence-corrected chi connectivity index (χ2v) is 4.60. The second kappa shape index (κ2) is 5.35. The number of hydrogen-bond donors (Lipinski definition) is 1. The molecule has 1 aliphatic rings. The van der Waals surface area contributed by atoms with Crippen LogP contribution >= 0.6 is 0 Å². The fourth-order valence-electron chi connectivity index (χ4n) is 1.99. The number of hydrazine groups is 1.